The molecule has 0 aromatic heterocycles. The average Bonchev–Trinajstić information content (AvgIpc) is 3.13. The lowest BCUT2D eigenvalue weighted by Crippen LogP contribution is -2.15. The quantitative estimate of drug-likeness (QED) is 0.0712. The molecule has 5 nitrogen and oxygen atoms in total. The number of aliphatic imine (C=N–C) groups is 2. The molecule has 0 aliphatic rings. The summed E-state index contributed by atoms with van der Waals surface area (Å²) in [4.78, 5) is 11.8. The van der Waals surface area contributed by atoms with E-state index in [2.05, 4.69) is 95.8 Å². The number of hydrogen-bond acceptors (Lipinski definition) is 5. The first-order chi connectivity index (χ1) is 23.7. The van der Waals surface area contributed by atoms with Crippen LogP contribution in [0.1, 0.15) is 115 Å². The van der Waals surface area contributed by atoms with Gasteiger partial charge in [0.15, 0.2) is 11.5 Å². The number of nitrogens with zero attached hydrogens (tertiary/aromatic N) is 3. The Morgan fingerprint density at radius 3 is 1.84 bits per heavy atom. The normalized spacial score (nSPS) is 11.6. The van der Waals surface area contributed by atoms with Crippen molar-refractivity contribution in [1.29, 1.82) is 0 Å². The first-order valence-electron chi connectivity index (χ1n) is 18.8. The lowest BCUT2D eigenvalue weighted by atomic mass is 9.97. The van der Waals surface area contributed by atoms with Gasteiger partial charge in [-0.15, -0.1) is 0 Å². The Hall–Kier alpha value is -4.12. The van der Waals surface area contributed by atoms with E-state index in [1.54, 1.807) is 6.07 Å². The molecule has 49 heavy (non-hydrogen) atoms. The highest BCUT2D eigenvalue weighted by Gasteiger charge is 2.12. The second-order valence-electron chi connectivity index (χ2n) is 12.9. The zero-order valence-electron chi connectivity index (χ0n) is 31.6. The molecular weight excluding hydrogens is 603 g/mol. The Labute approximate surface area is 296 Å². The summed E-state index contributed by atoms with van der Waals surface area (Å²) in [6.45, 7) is 16.3. The third-order valence-electron chi connectivity index (χ3n) is 9.45. The predicted octanol–water partition coefficient (Wildman–Crippen LogP) is 12.0. The Bertz CT molecular complexity index is 1690. The van der Waals surface area contributed by atoms with E-state index in [1.807, 2.05) is 25.4 Å². The molecule has 4 rings (SSSR count). The number of phenolic OH excluding ortho intramolecular Hbond substituents is 2. The maximum Gasteiger partial charge on any atom is 0.165 e. The van der Waals surface area contributed by atoms with Crippen LogP contribution in [0.25, 0.3) is 10.8 Å². The summed E-state index contributed by atoms with van der Waals surface area (Å²) < 4.78 is 0. The van der Waals surface area contributed by atoms with Crippen LogP contribution in [0.15, 0.2) is 70.6 Å². The Balaban J connectivity index is 0.000000276. The van der Waals surface area contributed by atoms with Crippen LogP contribution in [-0.4, -0.2) is 35.7 Å². The van der Waals surface area contributed by atoms with Crippen LogP contribution in [0.5, 0.6) is 11.5 Å². The molecule has 0 unspecified atom stereocenters. The molecule has 0 heterocycles. The van der Waals surface area contributed by atoms with Crippen molar-refractivity contribution >= 4 is 39.8 Å². The minimum absolute atomic E-state index is 0.0180. The van der Waals surface area contributed by atoms with E-state index >= 15 is 0 Å². The van der Waals surface area contributed by atoms with Crippen molar-refractivity contribution in [3.8, 4) is 11.5 Å². The van der Waals surface area contributed by atoms with E-state index in [9.17, 15) is 10.2 Å². The van der Waals surface area contributed by atoms with Gasteiger partial charge in [0.2, 0.25) is 0 Å². The van der Waals surface area contributed by atoms with Crippen molar-refractivity contribution in [3.05, 3.63) is 88.5 Å². The molecule has 2 N–H and O–H groups in total. The summed E-state index contributed by atoms with van der Waals surface area (Å²) in [5.74, 6) is -0.0751. The molecule has 0 saturated carbocycles. The highest BCUT2D eigenvalue weighted by atomic mass is 16.3. The predicted molar refractivity (Wildman–Crippen MR) is 215 cm³/mol. The molecule has 264 valence electrons. The number of aromatic hydroxyl groups is 2. The molecule has 0 bridgehead atoms. The Morgan fingerprint density at radius 2 is 1.24 bits per heavy atom. The number of benzene rings is 4. The molecule has 0 aliphatic carbocycles. The number of hydrogen-bond donors (Lipinski definition) is 2. The largest absolute Gasteiger partial charge is 0.504 e. The number of anilines is 1. The monoisotopic (exact) mass is 663 g/mol. The van der Waals surface area contributed by atoms with Gasteiger partial charge in [-0.25, -0.2) is 0 Å². The summed E-state index contributed by atoms with van der Waals surface area (Å²) in [6, 6.07) is 20.8. The van der Waals surface area contributed by atoms with E-state index in [-0.39, 0.29) is 11.5 Å². The molecule has 0 atom stereocenters. The molecule has 0 spiro atoms. The highest BCUT2D eigenvalue weighted by Crippen LogP contribution is 2.38. The fraction of sp³-hybridized carbons (Fsp3) is 0.455. The van der Waals surface area contributed by atoms with Crippen molar-refractivity contribution < 1.29 is 10.2 Å². The van der Waals surface area contributed by atoms with Gasteiger partial charge in [0.05, 0.1) is 17.1 Å². The van der Waals surface area contributed by atoms with E-state index in [0.29, 0.717) is 0 Å². The highest BCUT2D eigenvalue weighted by molar-refractivity contribution is 6.31. The second kappa shape index (κ2) is 20.4. The van der Waals surface area contributed by atoms with E-state index in [0.717, 1.165) is 97.9 Å². The van der Waals surface area contributed by atoms with E-state index in [4.69, 9.17) is 9.98 Å². The minimum atomic E-state index is -0.0571. The van der Waals surface area contributed by atoms with Crippen LogP contribution in [-0.2, 0) is 32.1 Å². The van der Waals surface area contributed by atoms with Crippen LogP contribution >= 0.6 is 0 Å². The molecule has 4 aromatic rings. The molecule has 0 saturated heterocycles. The third-order valence-corrected chi connectivity index (χ3v) is 9.45. The standard InChI is InChI=1S/C26H36N2.C18H25NO2/c1-6-11-12-26(28-25-16-14-21(8-3)23(10-5)18-25)19-27-24-15-13-20(7-2)22(9-4)17-24;1-4-6-7-8-13-11-14(19(3)5-2)12-16-15(13)9-10-17(20)18(16)21/h13-19H,6-12H2,1-5H3;9-12,20-21H,4-8H2,1-3H3. The zero-order valence-corrected chi connectivity index (χ0v) is 31.6. The first-order valence-corrected chi connectivity index (χ1v) is 18.8. The van der Waals surface area contributed by atoms with E-state index < -0.39 is 0 Å². The lowest BCUT2D eigenvalue weighted by Gasteiger charge is -2.20. The topological polar surface area (TPSA) is 68.4 Å². The molecule has 0 fully saturated rings. The number of aryl methyl sites for hydroxylation is 5. The van der Waals surface area contributed by atoms with Crippen LogP contribution in [0.4, 0.5) is 17.1 Å². The van der Waals surface area contributed by atoms with Gasteiger partial charge in [0.25, 0.3) is 0 Å². The van der Waals surface area contributed by atoms with Crippen molar-refractivity contribution in [2.45, 2.75) is 119 Å². The minimum Gasteiger partial charge on any atom is -0.504 e. The fourth-order valence-corrected chi connectivity index (χ4v) is 6.19. The number of unbranched alkanes of at least 4 members (excludes halogenated alkanes) is 3. The molecule has 5 heteroatoms. The maximum absolute atomic E-state index is 10.2. The van der Waals surface area contributed by atoms with Gasteiger partial charge in [-0.05, 0) is 134 Å². The third kappa shape index (κ3) is 11.2. The van der Waals surface area contributed by atoms with Gasteiger partial charge in [0.1, 0.15) is 0 Å². The summed E-state index contributed by atoms with van der Waals surface area (Å²) in [5, 5.41) is 21.7. The Morgan fingerprint density at radius 1 is 0.633 bits per heavy atom. The average molecular weight is 664 g/mol. The number of fused-ring (bicyclic) bond motifs is 1. The summed E-state index contributed by atoms with van der Waals surface area (Å²) in [7, 11) is 2.04. The van der Waals surface area contributed by atoms with Gasteiger partial charge >= 0.3 is 0 Å². The SMILES string of the molecule is CCCCC(C=Nc1ccc(CC)c(CC)c1)=Nc1ccc(CC)c(CC)c1.CCCCCc1cc(N(C)CC)cc2c(O)c(O)ccc12. The van der Waals surface area contributed by atoms with Gasteiger partial charge in [-0.1, -0.05) is 79.0 Å². The van der Waals surface area contributed by atoms with Crippen molar-refractivity contribution in [1.82, 2.24) is 0 Å². The van der Waals surface area contributed by atoms with Crippen LogP contribution in [0.2, 0.25) is 0 Å². The van der Waals surface area contributed by atoms with Crippen molar-refractivity contribution in [2.24, 2.45) is 9.98 Å². The molecule has 0 amide bonds. The number of rotatable bonds is 16. The lowest BCUT2D eigenvalue weighted by molar-refractivity contribution is 0.408. The molecule has 0 aliphatic heterocycles. The molecular formula is C44H61N3O2. The number of phenols is 2. The summed E-state index contributed by atoms with van der Waals surface area (Å²) in [5.41, 5.74) is 11.1. The van der Waals surface area contributed by atoms with Crippen molar-refractivity contribution in [2.75, 3.05) is 18.5 Å². The molecule has 4 aromatic carbocycles. The maximum atomic E-state index is 10.2. The van der Waals surface area contributed by atoms with Crippen LogP contribution < -0.4 is 4.90 Å². The first kappa shape index (κ1) is 39.3. The van der Waals surface area contributed by atoms with Crippen molar-refractivity contribution in [3.63, 3.8) is 0 Å². The van der Waals surface area contributed by atoms with Gasteiger partial charge in [-0.3, -0.25) is 9.98 Å². The van der Waals surface area contributed by atoms with Gasteiger partial charge in [0, 0.05) is 30.9 Å². The molecule has 0 radical (unpaired) electrons. The van der Waals surface area contributed by atoms with E-state index in [1.165, 1.54) is 40.7 Å². The zero-order chi connectivity index (χ0) is 35.8. The smallest absolute Gasteiger partial charge is 0.165 e. The Kier molecular flexibility index (Phi) is 16.4. The van der Waals surface area contributed by atoms with Gasteiger partial charge in [-0.2, -0.15) is 0 Å². The summed E-state index contributed by atoms with van der Waals surface area (Å²) >= 11 is 0. The van der Waals surface area contributed by atoms with Crippen LogP contribution in [0, 0.1) is 0 Å². The van der Waals surface area contributed by atoms with Crippen LogP contribution in [0.3, 0.4) is 0 Å². The summed E-state index contributed by atoms with van der Waals surface area (Å²) in [6.07, 6.45) is 14.0. The fourth-order valence-electron chi connectivity index (χ4n) is 6.19. The van der Waals surface area contributed by atoms with Gasteiger partial charge < -0.3 is 15.1 Å². The second-order valence-corrected chi connectivity index (χ2v) is 12.9.